The number of nitrogens with zero attached hydrogens (tertiary/aromatic N) is 3. The molecule has 0 unspecified atom stereocenters. The first-order chi connectivity index (χ1) is 11.6. The van der Waals surface area contributed by atoms with E-state index in [0.29, 0.717) is 10.8 Å². The van der Waals surface area contributed by atoms with Gasteiger partial charge in [0.05, 0.1) is 12.1 Å². The summed E-state index contributed by atoms with van der Waals surface area (Å²) in [5.41, 5.74) is 2.47. The van der Waals surface area contributed by atoms with Crippen molar-refractivity contribution in [1.29, 1.82) is 0 Å². The molecule has 8 heteroatoms. The molecule has 0 aliphatic heterocycles. The number of rotatable bonds is 5. The van der Waals surface area contributed by atoms with Gasteiger partial charge in [0.1, 0.15) is 0 Å². The molecule has 2 aromatic heterocycles. The second kappa shape index (κ2) is 6.88. The number of aryl methyl sites for hydroxylation is 2. The highest BCUT2D eigenvalue weighted by molar-refractivity contribution is 7.99. The van der Waals surface area contributed by atoms with Crippen LogP contribution in [0.25, 0.3) is 11.2 Å². The second-order valence-corrected chi connectivity index (χ2v) is 6.19. The average Bonchev–Trinajstić information content (AvgIpc) is 2.92. The van der Waals surface area contributed by atoms with Crippen LogP contribution in [-0.4, -0.2) is 31.2 Å². The van der Waals surface area contributed by atoms with E-state index in [1.54, 1.807) is 11.6 Å². The van der Waals surface area contributed by atoms with Gasteiger partial charge in [-0.05, 0) is 24.1 Å². The molecule has 0 saturated heterocycles. The van der Waals surface area contributed by atoms with Crippen molar-refractivity contribution >= 4 is 34.5 Å². The lowest BCUT2D eigenvalue weighted by atomic mass is 10.1. The predicted octanol–water partition coefficient (Wildman–Crippen LogP) is 1.95. The van der Waals surface area contributed by atoms with Gasteiger partial charge in [-0.25, -0.2) is 9.97 Å². The fourth-order valence-corrected chi connectivity index (χ4v) is 3.04. The first-order valence-corrected chi connectivity index (χ1v) is 8.48. The number of thioether (sulfide) groups is 1. The van der Waals surface area contributed by atoms with Crippen molar-refractivity contribution in [2.75, 3.05) is 11.1 Å². The Bertz CT molecular complexity index is 930. The number of aromatic nitrogens is 4. The zero-order valence-corrected chi connectivity index (χ0v) is 14.2. The Morgan fingerprint density at radius 2 is 2.08 bits per heavy atom. The van der Waals surface area contributed by atoms with E-state index < -0.39 is 0 Å². The van der Waals surface area contributed by atoms with Crippen molar-refractivity contribution in [3.63, 3.8) is 0 Å². The summed E-state index contributed by atoms with van der Waals surface area (Å²) >= 11 is 1.26. The van der Waals surface area contributed by atoms with E-state index in [1.165, 1.54) is 23.7 Å². The molecule has 0 atom stereocenters. The standard InChI is InChI=1S/C16H17N5O2S/c1-3-10-4-6-11(7-5-10)19-12(22)8-24-16-20-13-14(21(16)2)17-9-18-15(13)23/h4-7,9H,3,8H2,1-2H3,(H,19,22)(H,17,18,23). The number of hydrogen-bond acceptors (Lipinski definition) is 5. The van der Waals surface area contributed by atoms with Crippen LogP contribution in [0.15, 0.2) is 40.5 Å². The Balaban J connectivity index is 1.66. The summed E-state index contributed by atoms with van der Waals surface area (Å²) in [4.78, 5) is 34.6. The molecule has 0 aliphatic carbocycles. The topological polar surface area (TPSA) is 92.7 Å². The third-order valence-electron chi connectivity index (χ3n) is 3.60. The van der Waals surface area contributed by atoms with Gasteiger partial charge in [-0.3, -0.25) is 9.59 Å². The average molecular weight is 343 g/mol. The van der Waals surface area contributed by atoms with Crippen molar-refractivity contribution in [3.05, 3.63) is 46.5 Å². The van der Waals surface area contributed by atoms with Crippen LogP contribution >= 0.6 is 11.8 Å². The molecular weight excluding hydrogens is 326 g/mol. The molecule has 124 valence electrons. The maximum atomic E-state index is 12.1. The lowest BCUT2D eigenvalue weighted by molar-refractivity contribution is -0.113. The largest absolute Gasteiger partial charge is 0.325 e. The van der Waals surface area contributed by atoms with Gasteiger partial charge < -0.3 is 14.9 Å². The quantitative estimate of drug-likeness (QED) is 0.691. The molecule has 3 aromatic rings. The molecule has 0 saturated carbocycles. The van der Waals surface area contributed by atoms with Crippen LogP contribution in [0.5, 0.6) is 0 Å². The molecule has 0 radical (unpaired) electrons. The summed E-state index contributed by atoms with van der Waals surface area (Å²) < 4.78 is 1.71. The molecule has 0 fully saturated rings. The van der Waals surface area contributed by atoms with Crippen LogP contribution in [0.1, 0.15) is 12.5 Å². The summed E-state index contributed by atoms with van der Waals surface area (Å²) in [5, 5.41) is 3.42. The first kappa shape index (κ1) is 16.3. The van der Waals surface area contributed by atoms with Gasteiger partial charge in [-0.15, -0.1) is 0 Å². The van der Waals surface area contributed by atoms with Gasteiger partial charge in [-0.1, -0.05) is 30.8 Å². The van der Waals surface area contributed by atoms with E-state index in [1.807, 2.05) is 24.3 Å². The third-order valence-corrected chi connectivity index (χ3v) is 4.63. The Kier molecular flexibility index (Phi) is 4.66. The maximum Gasteiger partial charge on any atom is 0.278 e. The van der Waals surface area contributed by atoms with Crippen LogP contribution in [0.4, 0.5) is 5.69 Å². The van der Waals surface area contributed by atoms with Gasteiger partial charge in [0.15, 0.2) is 16.3 Å². The van der Waals surface area contributed by atoms with Gasteiger partial charge in [0.25, 0.3) is 5.56 Å². The Hall–Kier alpha value is -2.61. The summed E-state index contributed by atoms with van der Waals surface area (Å²) in [6, 6.07) is 7.76. The fourth-order valence-electron chi connectivity index (χ4n) is 2.27. The van der Waals surface area contributed by atoms with Crippen LogP contribution in [0.3, 0.4) is 0 Å². The molecule has 2 heterocycles. The third kappa shape index (κ3) is 3.33. The highest BCUT2D eigenvalue weighted by Gasteiger charge is 2.13. The number of benzene rings is 1. The van der Waals surface area contributed by atoms with E-state index >= 15 is 0 Å². The smallest absolute Gasteiger partial charge is 0.278 e. The highest BCUT2D eigenvalue weighted by atomic mass is 32.2. The number of nitrogens with one attached hydrogen (secondary N) is 2. The normalized spacial score (nSPS) is 10.9. The van der Waals surface area contributed by atoms with Crippen molar-refractivity contribution in [1.82, 2.24) is 19.5 Å². The molecule has 1 aromatic carbocycles. The molecule has 0 spiro atoms. The van der Waals surface area contributed by atoms with Gasteiger partial charge >= 0.3 is 0 Å². The minimum absolute atomic E-state index is 0.127. The molecule has 3 rings (SSSR count). The zero-order valence-electron chi connectivity index (χ0n) is 13.4. The van der Waals surface area contributed by atoms with Crippen molar-refractivity contribution in [2.24, 2.45) is 7.05 Å². The van der Waals surface area contributed by atoms with Crippen LogP contribution in [0, 0.1) is 0 Å². The minimum Gasteiger partial charge on any atom is -0.325 e. The second-order valence-electron chi connectivity index (χ2n) is 5.24. The maximum absolute atomic E-state index is 12.1. The predicted molar refractivity (Wildman–Crippen MR) is 94.3 cm³/mol. The number of hydrogen-bond donors (Lipinski definition) is 2. The number of anilines is 1. The molecule has 24 heavy (non-hydrogen) atoms. The number of fused-ring (bicyclic) bond motifs is 1. The summed E-state index contributed by atoms with van der Waals surface area (Å²) in [7, 11) is 1.77. The lowest BCUT2D eigenvalue weighted by Gasteiger charge is -2.06. The van der Waals surface area contributed by atoms with Gasteiger partial charge in [0, 0.05) is 12.7 Å². The Morgan fingerprint density at radius 3 is 2.75 bits per heavy atom. The lowest BCUT2D eigenvalue weighted by Crippen LogP contribution is -2.14. The first-order valence-electron chi connectivity index (χ1n) is 7.50. The number of amides is 1. The Labute approximate surface area is 142 Å². The number of imidazole rings is 1. The molecule has 0 aliphatic rings. The van der Waals surface area contributed by atoms with Crippen LogP contribution < -0.4 is 10.9 Å². The number of H-pyrrole nitrogens is 1. The van der Waals surface area contributed by atoms with Crippen LogP contribution in [0.2, 0.25) is 0 Å². The van der Waals surface area contributed by atoms with E-state index in [9.17, 15) is 9.59 Å². The monoisotopic (exact) mass is 343 g/mol. The van der Waals surface area contributed by atoms with E-state index in [-0.39, 0.29) is 22.7 Å². The van der Waals surface area contributed by atoms with Crippen molar-refractivity contribution in [2.45, 2.75) is 18.5 Å². The minimum atomic E-state index is -0.289. The van der Waals surface area contributed by atoms with Gasteiger partial charge in [-0.2, -0.15) is 0 Å². The van der Waals surface area contributed by atoms with Gasteiger partial charge in [0.2, 0.25) is 5.91 Å². The highest BCUT2D eigenvalue weighted by Crippen LogP contribution is 2.20. The Morgan fingerprint density at radius 1 is 1.33 bits per heavy atom. The van der Waals surface area contributed by atoms with Crippen molar-refractivity contribution in [3.8, 4) is 0 Å². The summed E-state index contributed by atoms with van der Waals surface area (Å²) in [5.74, 6) is 0.0723. The van der Waals surface area contributed by atoms with E-state index in [2.05, 4.69) is 27.2 Å². The SMILES string of the molecule is CCc1ccc(NC(=O)CSc2nc3c(=O)[nH]cnc3n2C)cc1. The molecule has 0 bridgehead atoms. The summed E-state index contributed by atoms with van der Waals surface area (Å²) in [6.07, 6.45) is 2.30. The number of carbonyl (C=O) groups is 1. The van der Waals surface area contributed by atoms with Crippen LogP contribution in [-0.2, 0) is 18.3 Å². The van der Waals surface area contributed by atoms with E-state index in [0.717, 1.165) is 12.1 Å². The number of aromatic amines is 1. The van der Waals surface area contributed by atoms with E-state index in [4.69, 9.17) is 0 Å². The molecule has 1 amide bonds. The molecule has 2 N–H and O–H groups in total. The molecule has 7 nitrogen and oxygen atoms in total. The molecular formula is C16H17N5O2S. The fraction of sp³-hybridized carbons (Fsp3) is 0.250. The number of carbonyl (C=O) groups excluding carboxylic acids is 1. The summed E-state index contributed by atoms with van der Waals surface area (Å²) in [6.45, 7) is 2.08. The zero-order chi connectivity index (χ0) is 17.1. The van der Waals surface area contributed by atoms with Crippen molar-refractivity contribution < 1.29 is 4.79 Å².